The van der Waals surface area contributed by atoms with Crippen LogP contribution in [0.2, 0.25) is 0 Å². The van der Waals surface area contributed by atoms with Gasteiger partial charge in [-0.2, -0.15) is 0 Å². The Hall–Kier alpha value is -0.610. The van der Waals surface area contributed by atoms with E-state index in [1.165, 1.54) is 25.8 Å². The van der Waals surface area contributed by atoms with Crippen LogP contribution in [-0.2, 0) is 4.79 Å². The standard InChI is InChI=1S/C14H27N3O/c1-3-16-14(13(15)18)8-7-12(9-14)17(2)10-11-5-4-6-11/h11-12,16H,3-10H2,1-2H3,(H2,15,18). The maximum absolute atomic E-state index is 11.7. The van der Waals surface area contributed by atoms with E-state index in [1.807, 2.05) is 6.92 Å². The molecule has 4 nitrogen and oxygen atoms in total. The molecule has 104 valence electrons. The number of carbonyl (C=O) groups is 1. The molecule has 0 radical (unpaired) electrons. The van der Waals surface area contributed by atoms with Gasteiger partial charge in [-0.1, -0.05) is 13.3 Å². The summed E-state index contributed by atoms with van der Waals surface area (Å²) >= 11 is 0. The third-order valence-corrected chi connectivity index (χ3v) is 4.87. The molecule has 2 rings (SSSR count). The fraction of sp³-hybridized carbons (Fsp3) is 0.929. The van der Waals surface area contributed by atoms with Crippen molar-refractivity contribution < 1.29 is 4.79 Å². The van der Waals surface area contributed by atoms with Crippen LogP contribution in [-0.4, -0.2) is 42.5 Å². The largest absolute Gasteiger partial charge is 0.368 e. The van der Waals surface area contributed by atoms with Crippen molar-refractivity contribution in [3.63, 3.8) is 0 Å². The average Bonchev–Trinajstić information content (AvgIpc) is 2.69. The van der Waals surface area contributed by atoms with Crippen molar-refractivity contribution in [3.8, 4) is 0 Å². The first-order valence-electron chi connectivity index (χ1n) is 7.32. The molecule has 2 fully saturated rings. The summed E-state index contributed by atoms with van der Waals surface area (Å²) in [6, 6.07) is 0.511. The van der Waals surface area contributed by atoms with Crippen molar-refractivity contribution in [3.05, 3.63) is 0 Å². The molecule has 4 heteroatoms. The minimum absolute atomic E-state index is 0.177. The molecule has 2 aliphatic carbocycles. The second-order valence-corrected chi connectivity index (χ2v) is 6.11. The summed E-state index contributed by atoms with van der Waals surface area (Å²) in [5, 5.41) is 3.32. The molecule has 0 saturated heterocycles. The molecule has 2 aliphatic rings. The third-order valence-electron chi connectivity index (χ3n) is 4.87. The van der Waals surface area contributed by atoms with Gasteiger partial charge in [-0.15, -0.1) is 0 Å². The van der Waals surface area contributed by atoms with Crippen molar-refractivity contribution in [2.45, 2.75) is 57.0 Å². The molecule has 3 N–H and O–H groups in total. The smallest absolute Gasteiger partial charge is 0.237 e. The van der Waals surface area contributed by atoms with Crippen LogP contribution in [0.3, 0.4) is 0 Å². The minimum Gasteiger partial charge on any atom is -0.368 e. The normalized spacial score (nSPS) is 32.7. The van der Waals surface area contributed by atoms with Gasteiger partial charge in [0.2, 0.25) is 5.91 Å². The average molecular weight is 253 g/mol. The molecule has 0 heterocycles. The molecule has 1 amide bonds. The van der Waals surface area contributed by atoms with Crippen molar-refractivity contribution in [1.82, 2.24) is 10.2 Å². The molecular formula is C14H27N3O. The van der Waals surface area contributed by atoms with Crippen molar-refractivity contribution in [1.29, 1.82) is 0 Å². The highest BCUT2D eigenvalue weighted by atomic mass is 16.1. The summed E-state index contributed by atoms with van der Waals surface area (Å²) in [5.41, 5.74) is 5.15. The van der Waals surface area contributed by atoms with Crippen LogP contribution in [0.4, 0.5) is 0 Å². The SMILES string of the molecule is CCNC1(C(N)=O)CCC(N(C)CC2CCC2)C1. The molecule has 2 atom stereocenters. The summed E-state index contributed by atoms with van der Waals surface area (Å²) < 4.78 is 0. The molecule has 0 spiro atoms. The third kappa shape index (κ3) is 2.69. The Bertz CT molecular complexity index is 303. The number of nitrogens with zero attached hydrogens (tertiary/aromatic N) is 1. The fourth-order valence-corrected chi connectivity index (χ4v) is 3.44. The summed E-state index contributed by atoms with van der Waals surface area (Å²) in [7, 11) is 2.20. The molecule has 0 aromatic carbocycles. The van der Waals surface area contributed by atoms with Gasteiger partial charge in [-0.3, -0.25) is 4.79 Å². The molecule has 0 aromatic heterocycles. The lowest BCUT2D eigenvalue weighted by Gasteiger charge is -2.34. The Labute approximate surface area is 110 Å². The number of rotatable bonds is 6. The number of likely N-dealkylation sites (N-methyl/N-ethyl adjacent to an activating group) is 1. The minimum atomic E-state index is -0.451. The Morgan fingerprint density at radius 2 is 2.17 bits per heavy atom. The molecule has 2 unspecified atom stereocenters. The first-order chi connectivity index (χ1) is 8.57. The summed E-state index contributed by atoms with van der Waals surface area (Å²) in [6.07, 6.45) is 7.00. The Kier molecular flexibility index (Phi) is 4.28. The van der Waals surface area contributed by atoms with E-state index in [1.54, 1.807) is 0 Å². The Morgan fingerprint density at radius 3 is 2.67 bits per heavy atom. The molecular weight excluding hydrogens is 226 g/mol. The van der Waals surface area contributed by atoms with Gasteiger partial charge < -0.3 is 16.0 Å². The van der Waals surface area contributed by atoms with Crippen LogP contribution in [0.5, 0.6) is 0 Å². The van der Waals surface area contributed by atoms with E-state index in [2.05, 4.69) is 17.3 Å². The molecule has 0 aromatic rings. The second kappa shape index (κ2) is 5.57. The molecule has 0 aliphatic heterocycles. The summed E-state index contributed by atoms with van der Waals surface area (Å²) in [4.78, 5) is 14.2. The monoisotopic (exact) mass is 253 g/mol. The van der Waals surface area contributed by atoms with Gasteiger partial charge in [-0.25, -0.2) is 0 Å². The molecule has 0 bridgehead atoms. The van der Waals surface area contributed by atoms with Crippen LogP contribution in [0, 0.1) is 5.92 Å². The highest BCUT2D eigenvalue weighted by molar-refractivity contribution is 5.85. The quantitative estimate of drug-likeness (QED) is 0.745. The maximum Gasteiger partial charge on any atom is 0.237 e. The lowest BCUT2D eigenvalue weighted by atomic mass is 9.85. The zero-order valence-electron chi connectivity index (χ0n) is 11.7. The van der Waals surface area contributed by atoms with E-state index in [-0.39, 0.29) is 5.91 Å². The highest BCUT2D eigenvalue weighted by Gasteiger charge is 2.44. The van der Waals surface area contributed by atoms with E-state index in [9.17, 15) is 4.79 Å². The van der Waals surface area contributed by atoms with Crippen LogP contribution >= 0.6 is 0 Å². The van der Waals surface area contributed by atoms with Crippen molar-refractivity contribution >= 4 is 5.91 Å². The number of nitrogens with two attached hydrogens (primary N) is 1. The first kappa shape index (κ1) is 13.8. The van der Waals surface area contributed by atoms with E-state index in [4.69, 9.17) is 5.73 Å². The summed E-state index contributed by atoms with van der Waals surface area (Å²) in [6.45, 7) is 4.03. The van der Waals surface area contributed by atoms with Crippen LogP contribution in [0.15, 0.2) is 0 Å². The number of amides is 1. The maximum atomic E-state index is 11.7. The predicted molar refractivity (Wildman–Crippen MR) is 73.2 cm³/mol. The zero-order chi connectivity index (χ0) is 13.2. The van der Waals surface area contributed by atoms with E-state index in [0.717, 1.165) is 31.7 Å². The van der Waals surface area contributed by atoms with E-state index < -0.39 is 5.54 Å². The van der Waals surface area contributed by atoms with E-state index >= 15 is 0 Å². The number of hydrogen-bond donors (Lipinski definition) is 2. The van der Waals surface area contributed by atoms with Crippen molar-refractivity contribution in [2.24, 2.45) is 11.7 Å². The number of primary amides is 1. The first-order valence-corrected chi connectivity index (χ1v) is 7.32. The van der Waals surface area contributed by atoms with E-state index in [0.29, 0.717) is 6.04 Å². The van der Waals surface area contributed by atoms with Crippen LogP contribution < -0.4 is 11.1 Å². The Morgan fingerprint density at radius 1 is 1.44 bits per heavy atom. The van der Waals surface area contributed by atoms with Gasteiger partial charge in [0.1, 0.15) is 0 Å². The number of hydrogen-bond acceptors (Lipinski definition) is 3. The van der Waals surface area contributed by atoms with Gasteiger partial charge in [0.25, 0.3) is 0 Å². The van der Waals surface area contributed by atoms with Crippen LogP contribution in [0.1, 0.15) is 45.4 Å². The lowest BCUT2D eigenvalue weighted by molar-refractivity contribution is -0.124. The summed E-state index contributed by atoms with van der Waals surface area (Å²) in [5.74, 6) is 0.710. The highest BCUT2D eigenvalue weighted by Crippen LogP contribution is 2.34. The van der Waals surface area contributed by atoms with Gasteiger partial charge >= 0.3 is 0 Å². The number of nitrogens with one attached hydrogen (secondary N) is 1. The number of carbonyl (C=O) groups excluding carboxylic acids is 1. The van der Waals surface area contributed by atoms with Gasteiger partial charge in [0, 0.05) is 12.6 Å². The molecule has 18 heavy (non-hydrogen) atoms. The molecule has 2 saturated carbocycles. The lowest BCUT2D eigenvalue weighted by Crippen LogP contribution is -2.54. The fourth-order valence-electron chi connectivity index (χ4n) is 3.44. The van der Waals surface area contributed by atoms with Gasteiger partial charge in [0.15, 0.2) is 0 Å². The van der Waals surface area contributed by atoms with Crippen molar-refractivity contribution in [2.75, 3.05) is 20.1 Å². The van der Waals surface area contributed by atoms with Gasteiger partial charge in [0.05, 0.1) is 5.54 Å². The Balaban J connectivity index is 1.90. The van der Waals surface area contributed by atoms with Crippen LogP contribution in [0.25, 0.3) is 0 Å². The second-order valence-electron chi connectivity index (χ2n) is 6.11. The zero-order valence-corrected chi connectivity index (χ0v) is 11.7. The predicted octanol–water partition coefficient (Wildman–Crippen LogP) is 1.10. The topological polar surface area (TPSA) is 58.4 Å². The van der Waals surface area contributed by atoms with Gasteiger partial charge in [-0.05, 0) is 51.6 Å².